The smallest absolute Gasteiger partial charge is 0.408 e. The zero-order valence-electron chi connectivity index (χ0n) is 23.8. The molecule has 3 rings (SSSR count). The van der Waals surface area contributed by atoms with E-state index in [9.17, 15) is 19.2 Å². The molecule has 41 heavy (non-hydrogen) atoms. The maximum Gasteiger partial charge on any atom is 0.408 e. The third kappa shape index (κ3) is 11.2. The average molecular weight is 679 g/mol. The van der Waals surface area contributed by atoms with Crippen molar-refractivity contribution in [2.75, 3.05) is 18.0 Å². The van der Waals surface area contributed by atoms with Gasteiger partial charge in [0.15, 0.2) is 0 Å². The van der Waals surface area contributed by atoms with Crippen molar-refractivity contribution in [3.63, 3.8) is 0 Å². The molecule has 1 saturated carbocycles. The number of benzene rings is 2. The van der Waals surface area contributed by atoms with E-state index in [1.54, 1.807) is 32.9 Å². The topological polar surface area (TPSA) is 126 Å². The molecule has 0 unspecified atom stereocenters. The molecule has 0 aromatic heterocycles. The molecule has 10 nitrogen and oxygen atoms in total. The first-order chi connectivity index (χ1) is 19.5. The number of ether oxygens (including phenoxy) is 2. The fourth-order valence-electron chi connectivity index (χ4n) is 4.41. The Morgan fingerprint density at radius 2 is 1.61 bits per heavy atom. The van der Waals surface area contributed by atoms with Crippen LogP contribution in [0.4, 0.5) is 15.3 Å². The van der Waals surface area contributed by atoms with Gasteiger partial charge < -0.3 is 30.3 Å². The monoisotopic (exact) mass is 678 g/mol. The van der Waals surface area contributed by atoms with Gasteiger partial charge in [0.2, 0.25) is 5.91 Å². The largest absolute Gasteiger partial charge is 0.445 e. The van der Waals surface area contributed by atoms with Crippen molar-refractivity contribution in [1.29, 1.82) is 0 Å². The minimum Gasteiger partial charge on any atom is -0.445 e. The highest BCUT2D eigenvalue weighted by atomic mass is 127. The van der Waals surface area contributed by atoms with Crippen molar-refractivity contribution in [3.05, 3.63) is 63.7 Å². The van der Waals surface area contributed by atoms with Crippen LogP contribution in [0.5, 0.6) is 0 Å². The number of anilines is 1. The lowest BCUT2D eigenvalue weighted by Crippen LogP contribution is -2.56. The Morgan fingerprint density at radius 1 is 0.951 bits per heavy atom. The first-order valence-electron chi connectivity index (χ1n) is 13.8. The zero-order chi connectivity index (χ0) is 29.8. The normalized spacial score (nSPS) is 14.3. The molecule has 1 atom stereocenters. The van der Waals surface area contributed by atoms with Gasteiger partial charge in [-0.05, 0) is 73.9 Å². The van der Waals surface area contributed by atoms with Crippen LogP contribution >= 0.6 is 22.6 Å². The van der Waals surface area contributed by atoms with E-state index in [0.29, 0.717) is 5.69 Å². The average Bonchev–Trinajstić information content (AvgIpc) is 2.93. The van der Waals surface area contributed by atoms with E-state index in [-0.39, 0.29) is 31.6 Å². The van der Waals surface area contributed by atoms with Crippen LogP contribution in [0, 0.1) is 3.57 Å². The number of halogens is 1. The quantitative estimate of drug-likeness (QED) is 0.308. The molecule has 11 heteroatoms. The minimum absolute atomic E-state index is 0.00281. The number of alkyl carbamates (subject to hydrolysis) is 2. The lowest BCUT2D eigenvalue weighted by atomic mass is 9.95. The van der Waals surface area contributed by atoms with Crippen molar-refractivity contribution in [1.82, 2.24) is 16.0 Å². The summed E-state index contributed by atoms with van der Waals surface area (Å²) < 4.78 is 11.4. The lowest BCUT2D eigenvalue weighted by Gasteiger charge is -2.30. The van der Waals surface area contributed by atoms with Gasteiger partial charge in [0.1, 0.15) is 24.8 Å². The predicted molar refractivity (Wildman–Crippen MR) is 164 cm³/mol. The molecule has 0 aliphatic heterocycles. The molecule has 0 saturated heterocycles. The number of para-hydroxylation sites is 1. The van der Waals surface area contributed by atoms with Crippen molar-refractivity contribution in [2.24, 2.45) is 0 Å². The van der Waals surface area contributed by atoms with Gasteiger partial charge in [-0.2, -0.15) is 0 Å². The highest BCUT2D eigenvalue weighted by Gasteiger charge is 2.31. The molecule has 0 radical (unpaired) electrons. The molecule has 2 aromatic rings. The summed E-state index contributed by atoms with van der Waals surface area (Å²) in [4.78, 5) is 53.7. The van der Waals surface area contributed by atoms with E-state index in [1.165, 1.54) is 4.90 Å². The second-order valence-electron chi connectivity index (χ2n) is 10.9. The van der Waals surface area contributed by atoms with Crippen molar-refractivity contribution in [2.45, 2.75) is 77.2 Å². The third-order valence-corrected chi connectivity index (χ3v) is 7.25. The summed E-state index contributed by atoms with van der Waals surface area (Å²) in [5.41, 5.74) is 0.533. The number of hydrogen-bond acceptors (Lipinski definition) is 6. The van der Waals surface area contributed by atoms with Gasteiger partial charge in [-0.15, -0.1) is 0 Å². The van der Waals surface area contributed by atoms with Crippen LogP contribution in [-0.4, -0.2) is 54.8 Å². The zero-order valence-corrected chi connectivity index (χ0v) is 25.9. The molecule has 3 N–H and O–H groups in total. The van der Waals surface area contributed by atoms with E-state index < -0.39 is 29.7 Å². The number of carbonyl (C=O) groups is 4. The SMILES string of the molecule is CC(C)(C)OC(=O)NC[C@@H](NC(=O)OCc1ccccc1)C(=O)N(CC(=O)NC1CCCCC1)c1ccccc1I. The molecular weight excluding hydrogens is 639 g/mol. The number of rotatable bonds is 10. The minimum atomic E-state index is -1.25. The van der Waals surface area contributed by atoms with E-state index in [0.717, 1.165) is 41.2 Å². The molecule has 1 fully saturated rings. The highest BCUT2D eigenvalue weighted by Crippen LogP contribution is 2.23. The second kappa shape index (κ2) is 15.6. The summed E-state index contributed by atoms with van der Waals surface area (Å²) in [6.45, 7) is 4.63. The highest BCUT2D eigenvalue weighted by molar-refractivity contribution is 14.1. The van der Waals surface area contributed by atoms with Gasteiger partial charge in [-0.3, -0.25) is 9.59 Å². The Hall–Kier alpha value is -3.35. The van der Waals surface area contributed by atoms with Crippen LogP contribution < -0.4 is 20.9 Å². The van der Waals surface area contributed by atoms with Crippen molar-refractivity contribution >= 4 is 52.3 Å². The Morgan fingerprint density at radius 3 is 2.27 bits per heavy atom. The first kappa shape index (κ1) is 32.2. The van der Waals surface area contributed by atoms with Gasteiger partial charge in [0.05, 0.1) is 12.2 Å². The number of nitrogens with zero attached hydrogens (tertiary/aromatic N) is 1. The number of carbonyl (C=O) groups excluding carboxylic acids is 4. The maximum atomic E-state index is 14.0. The van der Waals surface area contributed by atoms with Crippen molar-refractivity contribution in [3.8, 4) is 0 Å². The van der Waals surface area contributed by atoms with Gasteiger partial charge in [-0.25, -0.2) is 9.59 Å². The molecule has 2 aromatic carbocycles. The van der Waals surface area contributed by atoms with Gasteiger partial charge in [-0.1, -0.05) is 61.7 Å². The summed E-state index contributed by atoms with van der Waals surface area (Å²) >= 11 is 2.10. The van der Waals surface area contributed by atoms with Crippen LogP contribution in [0.2, 0.25) is 0 Å². The fraction of sp³-hybridized carbons (Fsp3) is 0.467. The Labute approximate surface area is 255 Å². The van der Waals surface area contributed by atoms with Crippen LogP contribution in [0.3, 0.4) is 0 Å². The lowest BCUT2D eigenvalue weighted by molar-refractivity contribution is -0.125. The Bertz CT molecular complexity index is 1180. The standard InChI is InChI=1S/C30H39IN4O6/c1-30(2,3)41-28(38)32-18-24(34-29(39)40-20-21-12-6-4-7-13-21)27(37)35(25-17-11-10-16-23(25)31)19-26(36)33-22-14-8-5-9-15-22/h4,6-7,10-13,16-17,22,24H,5,8-9,14-15,18-20H2,1-3H3,(H,32,38)(H,33,36)(H,34,39)/t24-/m1/s1. The molecule has 222 valence electrons. The number of nitrogens with one attached hydrogen (secondary N) is 3. The molecule has 0 heterocycles. The first-order valence-corrected chi connectivity index (χ1v) is 14.9. The molecule has 0 bridgehead atoms. The number of hydrogen-bond donors (Lipinski definition) is 3. The van der Waals surface area contributed by atoms with Crippen molar-refractivity contribution < 1.29 is 28.7 Å². The molecule has 0 spiro atoms. The maximum absolute atomic E-state index is 14.0. The van der Waals surface area contributed by atoms with Gasteiger partial charge in [0, 0.05) is 9.61 Å². The van der Waals surface area contributed by atoms with E-state index >= 15 is 0 Å². The molecular formula is C30H39IN4O6. The van der Waals surface area contributed by atoms with E-state index in [2.05, 4.69) is 38.5 Å². The van der Waals surface area contributed by atoms with Gasteiger partial charge >= 0.3 is 12.2 Å². The number of amides is 4. The van der Waals surface area contributed by atoms with Crippen LogP contribution in [0.25, 0.3) is 0 Å². The Balaban J connectivity index is 1.80. The van der Waals surface area contributed by atoms with Crippen LogP contribution in [-0.2, 0) is 25.7 Å². The summed E-state index contributed by atoms with van der Waals surface area (Å²) in [5, 5.41) is 8.18. The molecule has 1 aliphatic rings. The summed E-state index contributed by atoms with van der Waals surface area (Å²) in [6.07, 6.45) is 3.48. The molecule has 1 aliphatic carbocycles. The molecule has 4 amide bonds. The fourth-order valence-corrected chi connectivity index (χ4v) is 5.09. The van der Waals surface area contributed by atoms with Crippen LogP contribution in [0.15, 0.2) is 54.6 Å². The summed E-state index contributed by atoms with van der Waals surface area (Å²) in [7, 11) is 0. The van der Waals surface area contributed by atoms with E-state index in [4.69, 9.17) is 9.47 Å². The van der Waals surface area contributed by atoms with E-state index in [1.807, 2.05) is 42.5 Å². The summed E-state index contributed by atoms with van der Waals surface area (Å²) in [6, 6.07) is 15.1. The van der Waals surface area contributed by atoms with Gasteiger partial charge in [0.25, 0.3) is 5.91 Å². The predicted octanol–water partition coefficient (Wildman–Crippen LogP) is 4.89. The second-order valence-corrected chi connectivity index (χ2v) is 12.1. The third-order valence-electron chi connectivity index (χ3n) is 6.33. The summed E-state index contributed by atoms with van der Waals surface area (Å²) in [5.74, 6) is -0.879. The van der Waals surface area contributed by atoms with Crippen LogP contribution in [0.1, 0.15) is 58.4 Å². The Kier molecular flexibility index (Phi) is 12.2.